The lowest BCUT2D eigenvalue weighted by Gasteiger charge is -2.41. The maximum Gasteiger partial charge on any atom is 0.410 e. The molecule has 2 aromatic rings. The molecule has 1 amide bonds. The first-order valence-electron chi connectivity index (χ1n) is 12.0. The van der Waals surface area contributed by atoms with E-state index in [2.05, 4.69) is 29.0 Å². The molecule has 1 heterocycles. The van der Waals surface area contributed by atoms with Crippen molar-refractivity contribution >= 4 is 16.1 Å². The Morgan fingerprint density at radius 1 is 0.970 bits per heavy atom. The van der Waals surface area contributed by atoms with E-state index in [0.29, 0.717) is 19.4 Å². The van der Waals surface area contributed by atoms with E-state index in [4.69, 9.17) is 4.74 Å². The van der Waals surface area contributed by atoms with Gasteiger partial charge in [0, 0.05) is 12.6 Å². The zero-order valence-corrected chi connectivity index (χ0v) is 20.1. The predicted octanol–water partition coefficient (Wildman–Crippen LogP) is 4.75. The molecule has 6 nitrogen and oxygen atoms in total. The van der Waals surface area contributed by atoms with E-state index in [9.17, 15) is 13.2 Å². The molecule has 7 heteroatoms. The number of hydrogen-bond acceptors (Lipinski definition) is 4. The van der Waals surface area contributed by atoms with Gasteiger partial charge >= 0.3 is 6.09 Å². The Morgan fingerprint density at radius 3 is 2.42 bits per heavy atom. The third-order valence-corrected chi connectivity index (χ3v) is 7.41. The largest absolute Gasteiger partial charge is 0.446 e. The average Bonchev–Trinajstić information content (AvgIpc) is 2.80. The van der Waals surface area contributed by atoms with Crippen LogP contribution < -0.4 is 4.72 Å². The number of nitrogens with one attached hydrogen (secondary N) is 1. The summed E-state index contributed by atoms with van der Waals surface area (Å²) in [5, 5.41) is 0. The van der Waals surface area contributed by atoms with E-state index in [0.717, 1.165) is 48.8 Å². The van der Waals surface area contributed by atoms with Crippen LogP contribution in [-0.2, 0) is 21.2 Å². The van der Waals surface area contributed by atoms with Gasteiger partial charge in [-0.15, -0.1) is 0 Å². The molecule has 2 fully saturated rings. The molecule has 0 radical (unpaired) electrons. The van der Waals surface area contributed by atoms with E-state index in [1.54, 1.807) is 4.90 Å². The first kappa shape index (κ1) is 23.8. The highest BCUT2D eigenvalue weighted by atomic mass is 32.2. The van der Waals surface area contributed by atoms with Gasteiger partial charge in [-0.1, -0.05) is 61.0 Å². The summed E-state index contributed by atoms with van der Waals surface area (Å²) < 4.78 is 32.8. The third-order valence-electron chi connectivity index (χ3n) is 6.68. The molecule has 2 aromatic carbocycles. The Kier molecular flexibility index (Phi) is 7.71. The predicted molar refractivity (Wildman–Crippen MR) is 130 cm³/mol. The summed E-state index contributed by atoms with van der Waals surface area (Å²) in [6.45, 7) is 0.580. The van der Waals surface area contributed by atoms with Crippen LogP contribution in [0.3, 0.4) is 0 Å². The van der Waals surface area contributed by atoms with Crippen molar-refractivity contribution < 1.29 is 17.9 Å². The number of benzene rings is 2. The fourth-order valence-electron chi connectivity index (χ4n) is 5.09. The Hall–Kier alpha value is -2.38. The molecule has 0 bridgehead atoms. The molecule has 33 heavy (non-hydrogen) atoms. The maximum absolute atomic E-state index is 13.2. The highest BCUT2D eigenvalue weighted by molar-refractivity contribution is 7.88. The number of ether oxygens (including phenoxy) is 1. The first-order chi connectivity index (χ1) is 15.9. The Bertz CT molecular complexity index is 1040. The van der Waals surface area contributed by atoms with Gasteiger partial charge in [0.15, 0.2) is 0 Å². The average molecular weight is 471 g/mol. The Balaban J connectivity index is 1.57. The zero-order valence-electron chi connectivity index (χ0n) is 19.3. The summed E-state index contributed by atoms with van der Waals surface area (Å²) in [6.07, 6.45) is 8.03. The summed E-state index contributed by atoms with van der Waals surface area (Å²) in [7, 11) is -3.41. The molecule has 4 rings (SSSR count). The van der Waals surface area contributed by atoms with E-state index >= 15 is 0 Å². The van der Waals surface area contributed by atoms with Crippen molar-refractivity contribution in [2.45, 2.75) is 69.6 Å². The smallest absolute Gasteiger partial charge is 0.410 e. The number of nitrogens with zero attached hydrogens (tertiary/aromatic N) is 1. The molecule has 0 spiro atoms. The lowest BCUT2D eigenvalue weighted by atomic mass is 9.90. The van der Waals surface area contributed by atoms with Crippen LogP contribution >= 0.6 is 0 Å². The summed E-state index contributed by atoms with van der Waals surface area (Å²) in [6, 6.07) is 17.8. The van der Waals surface area contributed by atoms with Crippen LogP contribution in [0.1, 0.15) is 50.5 Å². The normalized spacial score (nSPS) is 22.2. The minimum atomic E-state index is -3.41. The molecule has 1 saturated carbocycles. The van der Waals surface area contributed by atoms with Crippen LogP contribution in [0, 0.1) is 0 Å². The minimum Gasteiger partial charge on any atom is -0.446 e. The van der Waals surface area contributed by atoms with Crippen molar-refractivity contribution in [3.05, 3.63) is 60.2 Å². The number of carbonyl (C=O) groups excluding carboxylic acids is 1. The molecule has 1 aliphatic carbocycles. The van der Waals surface area contributed by atoms with Gasteiger partial charge in [0.05, 0.1) is 12.3 Å². The van der Waals surface area contributed by atoms with Gasteiger partial charge in [-0.25, -0.2) is 17.9 Å². The number of likely N-dealkylation sites (tertiary alicyclic amines) is 1. The topological polar surface area (TPSA) is 75.7 Å². The molecule has 2 atom stereocenters. The summed E-state index contributed by atoms with van der Waals surface area (Å²) in [5.74, 6) is 0. The van der Waals surface area contributed by atoms with E-state index < -0.39 is 10.0 Å². The fourth-order valence-corrected chi connectivity index (χ4v) is 5.92. The number of rotatable bonds is 6. The second kappa shape index (κ2) is 10.7. The van der Waals surface area contributed by atoms with Crippen molar-refractivity contribution in [1.29, 1.82) is 0 Å². The van der Waals surface area contributed by atoms with Gasteiger partial charge in [-0.05, 0) is 61.6 Å². The van der Waals surface area contributed by atoms with E-state index in [1.807, 2.05) is 30.3 Å². The SMILES string of the molecule is CS(=O)(=O)N[C@@H]1CCCN(C(=O)OC2CCCCC2)[C@@H]1Cc1cccc(-c2ccccc2)c1. The number of amides is 1. The van der Waals surface area contributed by atoms with E-state index in [1.165, 1.54) is 12.7 Å². The second-order valence-corrected chi connectivity index (χ2v) is 11.1. The Labute approximate surface area is 197 Å². The van der Waals surface area contributed by atoms with Gasteiger partial charge in [-0.2, -0.15) is 0 Å². The van der Waals surface area contributed by atoms with Crippen LogP contribution in [0.2, 0.25) is 0 Å². The van der Waals surface area contributed by atoms with Gasteiger partial charge in [-0.3, -0.25) is 0 Å². The number of piperidine rings is 1. The first-order valence-corrected chi connectivity index (χ1v) is 13.9. The molecule has 1 aliphatic heterocycles. The summed E-state index contributed by atoms with van der Waals surface area (Å²) in [4.78, 5) is 15.0. The van der Waals surface area contributed by atoms with E-state index in [-0.39, 0.29) is 24.3 Å². The van der Waals surface area contributed by atoms with Gasteiger partial charge in [0.25, 0.3) is 0 Å². The lowest BCUT2D eigenvalue weighted by Crippen LogP contribution is -2.58. The highest BCUT2D eigenvalue weighted by Gasteiger charge is 2.37. The van der Waals surface area contributed by atoms with Crippen molar-refractivity contribution in [2.24, 2.45) is 0 Å². The van der Waals surface area contributed by atoms with Gasteiger partial charge in [0.1, 0.15) is 6.10 Å². The van der Waals surface area contributed by atoms with Crippen LogP contribution in [0.15, 0.2) is 54.6 Å². The molecule has 0 unspecified atom stereocenters. The van der Waals surface area contributed by atoms with Crippen LogP contribution in [0.25, 0.3) is 11.1 Å². The number of sulfonamides is 1. The van der Waals surface area contributed by atoms with Crippen molar-refractivity contribution in [3.63, 3.8) is 0 Å². The summed E-state index contributed by atoms with van der Waals surface area (Å²) in [5.41, 5.74) is 3.30. The molecular formula is C26H34N2O4S. The quantitative estimate of drug-likeness (QED) is 0.661. The monoisotopic (exact) mass is 470 g/mol. The highest BCUT2D eigenvalue weighted by Crippen LogP contribution is 2.27. The van der Waals surface area contributed by atoms with Crippen molar-refractivity contribution in [2.75, 3.05) is 12.8 Å². The zero-order chi connectivity index (χ0) is 23.3. The minimum absolute atomic E-state index is 0.0310. The Morgan fingerprint density at radius 2 is 1.70 bits per heavy atom. The molecular weight excluding hydrogens is 436 g/mol. The molecule has 0 aromatic heterocycles. The maximum atomic E-state index is 13.2. The molecule has 2 aliphatic rings. The number of carbonyl (C=O) groups is 1. The summed E-state index contributed by atoms with van der Waals surface area (Å²) >= 11 is 0. The standard InChI is InChI=1S/C26H34N2O4S/c1-33(30,31)27-24-16-9-17-28(26(29)32-23-14-6-3-7-15-23)25(24)19-20-10-8-13-22(18-20)21-11-4-2-5-12-21/h2,4-5,8,10-13,18,23-25,27H,3,6-7,9,14-17,19H2,1H3/t24-,25-/m1/s1. The van der Waals surface area contributed by atoms with Crippen molar-refractivity contribution in [3.8, 4) is 11.1 Å². The van der Waals surface area contributed by atoms with Gasteiger partial charge < -0.3 is 9.64 Å². The molecule has 1 N–H and O–H groups in total. The van der Waals surface area contributed by atoms with Gasteiger partial charge in [0.2, 0.25) is 10.0 Å². The third kappa shape index (κ3) is 6.58. The van der Waals surface area contributed by atoms with Crippen LogP contribution in [-0.4, -0.2) is 50.4 Å². The van der Waals surface area contributed by atoms with Crippen molar-refractivity contribution in [1.82, 2.24) is 9.62 Å². The molecule has 178 valence electrons. The number of hydrogen-bond donors (Lipinski definition) is 1. The fraction of sp³-hybridized carbons (Fsp3) is 0.500. The lowest BCUT2D eigenvalue weighted by molar-refractivity contribution is 0.0236. The van der Waals surface area contributed by atoms with Crippen LogP contribution in [0.5, 0.6) is 0 Å². The van der Waals surface area contributed by atoms with Crippen LogP contribution in [0.4, 0.5) is 4.79 Å². The molecule has 1 saturated heterocycles. The second-order valence-electron chi connectivity index (χ2n) is 9.31.